The summed E-state index contributed by atoms with van der Waals surface area (Å²) in [4.78, 5) is 5.23. The molecule has 8 nitrogen and oxygen atoms in total. The van der Waals surface area contributed by atoms with Crippen molar-refractivity contribution in [3.05, 3.63) is 0 Å². The molecule has 0 aliphatic carbocycles. The van der Waals surface area contributed by atoms with E-state index in [9.17, 15) is 0 Å². The summed E-state index contributed by atoms with van der Waals surface area (Å²) >= 11 is 0. The molecular weight excluding hydrogens is 444 g/mol. The first kappa shape index (κ1) is 28.4. The molecule has 2 aliphatic heterocycles. The summed E-state index contributed by atoms with van der Waals surface area (Å²) < 4.78 is 33.3. The highest BCUT2D eigenvalue weighted by molar-refractivity contribution is 6.60. The van der Waals surface area contributed by atoms with Crippen LogP contribution in [0, 0.1) is 11.8 Å². The van der Waals surface area contributed by atoms with Gasteiger partial charge in [-0.25, -0.2) is 0 Å². The smallest absolute Gasteiger partial charge is 0.377 e. The summed E-state index contributed by atoms with van der Waals surface area (Å²) in [5.41, 5.74) is 0. The maximum atomic E-state index is 5.54. The van der Waals surface area contributed by atoms with E-state index in [2.05, 4.69) is 9.80 Å². The summed E-state index contributed by atoms with van der Waals surface area (Å²) in [6.45, 7) is 7.14. The molecule has 0 spiro atoms. The number of nitrogens with zero attached hydrogens (tertiary/aromatic N) is 2. The molecule has 0 amide bonds. The molecule has 2 heterocycles. The largest absolute Gasteiger partial charge is 0.500 e. The van der Waals surface area contributed by atoms with E-state index in [1.807, 2.05) is 0 Å². The minimum absolute atomic E-state index is 0.887. The molecular formula is C22H48N2O6Si2. The van der Waals surface area contributed by atoms with Crippen LogP contribution in [0.15, 0.2) is 0 Å². The highest BCUT2D eigenvalue weighted by Gasteiger charge is 2.38. The van der Waals surface area contributed by atoms with Gasteiger partial charge in [-0.2, -0.15) is 0 Å². The number of hydrogen-bond donors (Lipinski definition) is 0. The normalized spacial score (nSPS) is 20.8. The Bertz CT molecular complexity index is 434. The Morgan fingerprint density at radius 3 is 1.06 bits per heavy atom. The third-order valence-electron chi connectivity index (χ3n) is 7.71. The van der Waals surface area contributed by atoms with Crippen LogP contribution >= 0.6 is 0 Å². The highest BCUT2D eigenvalue weighted by atomic mass is 28.4. The lowest BCUT2D eigenvalue weighted by Crippen LogP contribution is -2.45. The minimum atomic E-state index is -2.43. The molecule has 0 unspecified atom stereocenters. The van der Waals surface area contributed by atoms with Crippen LogP contribution in [0.1, 0.15) is 38.5 Å². The number of likely N-dealkylation sites (tertiary alicyclic amines) is 2. The van der Waals surface area contributed by atoms with E-state index >= 15 is 0 Å². The van der Waals surface area contributed by atoms with Gasteiger partial charge in [0.05, 0.1) is 0 Å². The fourth-order valence-electron chi connectivity index (χ4n) is 5.45. The second-order valence-corrected chi connectivity index (χ2v) is 15.3. The lowest BCUT2D eigenvalue weighted by molar-refractivity contribution is 0.0914. The van der Waals surface area contributed by atoms with Crippen molar-refractivity contribution in [2.75, 3.05) is 81.9 Å². The van der Waals surface area contributed by atoms with Crippen molar-refractivity contribution in [2.24, 2.45) is 11.8 Å². The van der Waals surface area contributed by atoms with Crippen LogP contribution in [0.5, 0.6) is 0 Å². The third-order valence-corrected chi connectivity index (χ3v) is 13.4. The molecule has 0 aromatic carbocycles. The van der Waals surface area contributed by atoms with E-state index in [4.69, 9.17) is 26.6 Å². The summed E-state index contributed by atoms with van der Waals surface area (Å²) in [7, 11) is 5.34. The first-order valence-electron chi connectivity index (χ1n) is 12.2. The van der Waals surface area contributed by atoms with Crippen LogP contribution in [0.4, 0.5) is 0 Å². The fraction of sp³-hybridized carbons (Fsp3) is 1.00. The van der Waals surface area contributed by atoms with Crippen LogP contribution in [0.3, 0.4) is 0 Å². The molecule has 0 bridgehead atoms. The van der Waals surface area contributed by atoms with Crippen molar-refractivity contribution in [1.82, 2.24) is 9.80 Å². The van der Waals surface area contributed by atoms with Crippen molar-refractivity contribution in [1.29, 1.82) is 0 Å². The Kier molecular flexibility index (Phi) is 12.8. The van der Waals surface area contributed by atoms with E-state index in [0.29, 0.717) is 0 Å². The highest BCUT2D eigenvalue weighted by Crippen LogP contribution is 2.33. The van der Waals surface area contributed by atoms with Gasteiger partial charge in [-0.3, -0.25) is 0 Å². The van der Waals surface area contributed by atoms with Crippen molar-refractivity contribution >= 4 is 17.6 Å². The zero-order chi connectivity index (χ0) is 23.5. The third kappa shape index (κ3) is 8.11. The van der Waals surface area contributed by atoms with E-state index in [0.717, 1.165) is 49.9 Å². The number of piperidine rings is 2. The molecule has 10 heteroatoms. The van der Waals surface area contributed by atoms with Crippen LogP contribution in [0.2, 0.25) is 12.1 Å². The topological polar surface area (TPSA) is 61.9 Å². The first-order valence-corrected chi connectivity index (χ1v) is 16.1. The average Bonchev–Trinajstić information content (AvgIpc) is 2.86. The lowest BCUT2D eigenvalue weighted by atomic mass is 9.79. The molecule has 0 atom stereocenters. The predicted molar refractivity (Wildman–Crippen MR) is 131 cm³/mol. The maximum Gasteiger partial charge on any atom is 0.500 e. The Labute approximate surface area is 198 Å². The molecule has 190 valence electrons. The fourth-order valence-corrected chi connectivity index (χ4v) is 8.85. The summed E-state index contributed by atoms with van der Waals surface area (Å²) in [5.74, 6) is 1.80. The van der Waals surface area contributed by atoms with Gasteiger partial charge < -0.3 is 36.4 Å². The van der Waals surface area contributed by atoms with Crippen molar-refractivity contribution in [2.45, 2.75) is 50.6 Å². The van der Waals surface area contributed by atoms with Crippen LogP contribution in [-0.2, 0) is 26.6 Å². The van der Waals surface area contributed by atoms with Gasteiger partial charge in [0.2, 0.25) is 0 Å². The molecule has 2 aliphatic rings. The van der Waals surface area contributed by atoms with Gasteiger partial charge in [0, 0.05) is 54.7 Å². The van der Waals surface area contributed by atoms with Crippen LogP contribution in [-0.4, -0.2) is 109 Å². The summed E-state index contributed by atoms with van der Waals surface area (Å²) in [6.07, 6.45) is 7.52. The first-order chi connectivity index (χ1) is 15.5. The molecule has 2 rings (SSSR count). The van der Waals surface area contributed by atoms with Gasteiger partial charge in [0.15, 0.2) is 0 Å². The number of hydrogen-bond acceptors (Lipinski definition) is 8. The summed E-state index contributed by atoms with van der Waals surface area (Å²) in [6, 6.07) is 1.77. The Morgan fingerprint density at radius 2 is 0.812 bits per heavy atom. The van der Waals surface area contributed by atoms with Gasteiger partial charge in [0.1, 0.15) is 0 Å². The second kappa shape index (κ2) is 14.5. The average molecular weight is 493 g/mol. The number of rotatable bonds is 15. The Hall–Kier alpha value is 0.114. The molecule has 0 saturated carbocycles. The second-order valence-electron chi connectivity index (χ2n) is 9.16. The maximum absolute atomic E-state index is 5.54. The van der Waals surface area contributed by atoms with E-state index in [1.54, 1.807) is 42.7 Å². The Balaban J connectivity index is 1.62. The molecule has 2 saturated heterocycles. The van der Waals surface area contributed by atoms with Crippen LogP contribution in [0.25, 0.3) is 0 Å². The SMILES string of the molecule is CO[Si](CCCN1CCC(C2CCN(CCC[Si](OC)(OC)OC)CC2)CC1)(OC)OC. The Morgan fingerprint density at radius 1 is 0.531 bits per heavy atom. The predicted octanol–water partition coefficient (Wildman–Crippen LogP) is 2.95. The van der Waals surface area contributed by atoms with E-state index in [1.165, 1.54) is 51.9 Å². The quantitative estimate of drug-likeness (QED) is 0.323. The minimum Gasteiger partial charge on any atom is -0.377 e. The summed E-state index contributed by atoms with van der Waals surface area (Å²) in [5, 5.41) is 0. The van der Waals surface area contributed by atoms with Gasteiger partial charge in [-0.15, -0.1) is 0 Å². The monoisotopic (exact) mass is 492 g/mol. The van der Waals surface area contributed by atoms with Crippen molar-refractivity contribution in [3.63, 3.8) is 0 Å². The van der Waals surface area contributed by atoms with Crippen LogP contribution < -0.4 is 0 Å². The molecule has 0 radical (unpaired) electrons. The standard InChI is InChI=1S/C22H48N2O6Si2/c1-25-31(26-2,27-3)19-7-13-23-15-9-21(10-16-23)22-11-17-24(18-12-22)14-8-20-32(28-4,29-5)30-6/h21-22H,7-20H2,1-6H3. The molecule has 2 fully saturated rings. The zero-order valence-electron chi connectivity index (χ0n) is 21.4. The molecule has 32 heavy (non-hydrogen) atoms. The van der Waals surface area contributed by atoms with E-state index < -0.39 is 17.6 Å². The zero-order valence-corrected chi connectivity index (χ0v) is 23.4. The lowest BCUT2D eigenvalue weighted by Gasteiger charge is -2.40. The van der Waals surface area contributed by atoms with Crippen molar-refractivity contribution < 1.29 is 26.6 Å². The van der Waals surface area contributed by atoms with Crippen molar-refractivity contribution in [3.8, 4) is 0 Å². The van der Waals surface area contributed by atoms with Gasteiger partial charge in [-0.1, -0.05) is 0 Å². The molecule has 0 aromatic rings. The van der Waals surface area contributed by atoms with Gasteiger partial charge in [-0.05, 0) is 89.6 Å². The van der Waals surface area contributed by atoms with Gasteiger partial charge >= 0.3 is 17.6 Å². The molecule has 0 N–H and O–H groups in total. The van der Waals surface area contributed by atoms with Gasteiger partial charge in [0.25, 0.3) is 0 Å². The van der Waals surface area contributed by atoms with E-state index in [-0.39, 0.29) is 0 Å². The molecule has 0 aromatic heterocycles.